The van der Waals surface area contributed by atoms with E-state index >= 15 is 0 Å². The highest BCUT2D eigenvalue weighted by atomic mass is 16.5. The van der Waals surface area contributed by atoms with E-state index in [0.717, 1.165) is 18.4 Å². The fourth-order valence-electron chi connectivity index (χ4n) is 0.899. The molecule has 0 aliphatic rings. The van der Waals surface area contributed by atoms with Gasteiger partial charge >= 0.3 is 5.97 Å². The molecule has 0 atom stereocenters. The summed E-state index contributed by atoms with van der Waals surface area (Å²) in [5.74, 6) is -0.306. The number of hydrogen-bond donors (Lipinski definition) is 0. The van der Waals surface area contributed by atoms with Crippen LogP contribution >= 0.6 is 0 Å². The first-order chi connectivity index (χ1) is 6.83. The molecule has 14 heavy (non-hydrogen) atoms. The summed E-state index contributed by atoms with van der Waals surface area (Å²) in [7, 11) is 0. The van der Waals surface area contributed by atoms with Crippen LogP contribution in [0.1, 0.15) is 25.3 Å². The predicted octanol–water partition coefficient (Wildman–Crippen LogP) is 2.64. The fraction of sp³-hybridized carbons (Fsp3) is 0.364. The Morgan fingerprint density at radius 3 is 3.14 bits per heavy atom. The SMILES string of the molecule is CCCCOC(=O)/C=C/c1ccoc1. The molecule has 0 fully saturated rings. The molecule has 3 nitrogen and oxygen atoms in total. The molecule has 0 aliphatic carbocycles. The van der Waals surface area contributed by atoms with Gasteiger partial charge in [-0.2, -0.15) is 0 Å². The van der Waals surface area contributed by atoms with Crippen molar-refractivity contribution in [3.8, 4) is 0 Å². The van der Waals surface area contributed by atoms with Gasteiger partial charge in [0.05, 0.1) is 19.1 Å². The highest BCUT2D eigenvalue weighted by Crippen LogP contribution is 2.02. The Balaban J connectivity index is 2.26. The molecule has 0 radical (unpaired) electrons. The molecular formula is C11H14O3. The summed E-state index contributed by atoms with van der Waals surface area (Å²) in [6, 6.07) is 1.77. The molecular weight excluding hydrogens is 180 g/mol. The van der Waals surface area contributed by atoms with E-state index in [9.17, 15) is 4.79 Å². The van der Waals surface area contributed by atoms with Crippen LogP contribution in [0.3, 0.4) is 0 Å². The third-order valence-corrected chi connectivity index (χ3v) is 1.70. The molecule has 0 N–H and O–H groups in total. The van der Waals surface area contributed by atoms with Crippen LogP contribution in [0, 0.1) is 0 Å². The van der Waals surface area contributed by atoms with Crippen LogP contribution in [0.5, 0.6) is 0 Å². The van der Waals surface area contributed by atoms with Crippen molar-refractivity contribution in [2.75, 3.05) is 6.61 Å². The van der Waals surface area contributed by atoms with Crippen LogP contribution in [0.4, 0.5) is 0 Å². The second kappa shape index (κ2) is 6.02. The second-order valence-corrected chi connectivity index (χ2v) is 2.91. The molecule has 0 saturated heterocycles. The zero-order valence-electron chi connectivity index (χ0n) is 8.23. The van der Waals surface area contributed by atoms with Gasteiger partial charge in [-0.25, -0.2) is 4.79 Å². The van der Waals surface area contributed by atoms with Gasteiger partial charge < -0.3 is 9.15 Å². The van der Waals surface area contributed by atoms with E-state index < -0.39 is 0 Å². The molecule has 1 heterocycles. The van der Waals surface area contributed by atoms with E-state index in [1.807, 2.05) is 0 Å². The molecule has 0 aliphatic heterocycles. The standard InChI is InChI=1S/C11H14O3/c1-2-3-7-14-11(12)5-4-10-6-8-13-9-10/h4-6,8-9H,2-3,7H2,1H3/b5-4+. The maximum atomic E-state index is 11.1. The molecule has 1 rings (SSSR count). The molecule has 76 valence electrons. The van der Waals surface area contributed by atoms with Crippen LogP contribution < -0.4 is 0 Å². The summed E-state index contributed by atoms with van der Waals surface area (Å²) in [4.78, 5) is 11.1. The molecule has 0 saturated carbocycles. The lowest BCUT2D eigenvalue weighted by Crippen LogP contribution is -2.01. The first-order valence-corrected chi connectivity index (χ1v) is 4.70. The van der Waals surface area contributed by atoms with E-state index in [1.54, 1.807) is 24.7 Å². The van der Waals surface area contributed by atoms with Gasteiger partial charge in [0.25, 0.3) is 0 Å². The molecule has 0 unspecified atom stereocenters. The normalized spacial score (nSPS) is 10.6. The highest BCUT2D eigenvalue weighted by Gasteiger charge is 1.95. The minimum Gasteiger partial charge on any atom is -0.472 e. The number of carbonyl (C=O) groups excluding carboxylic acids is 1. The van der Waals surface area contributed by atoms with Crippen LogP contribution in [0.2, 0.25) is 0 Å². The van der Waals surface area contributed by atoms with Crippen LogP contribution in [-0.4, -0.2) is 12.6 Å². The number of esters is 1. The van der Waals surface area contributed by atoms with Crippen molar-refractivity contribution in [2.45, 2.75) is 19.8 Å². The number of rotatable bonds is 5. The third-order valence-electron chi connectivity index (χ3n) is 1.70. The lowest BCUT2D eigenvalue weighted by atomic mass is 10.3. The van der Waals surface area contributed by atoms with Gasteiger partial charge in [0, 0.05) is 11.6 Å². The van der Waals surface area contributed by atoms with Crippen LogP contribution in [0.25, 0.3) is 6.08 Å². The number of hydrogen-bond acceptors (Lipinski definition) is 3. The smallest absolute Gasteiger partial charge is 0.330 e. The van der Waals surface area contributed by atoms with E-state index in [0.29, 0.717) is 6.61 Å². The zero-order chi connectivity index (χ0) is 10.2. The summed E-state index contributed by atoms with van der Waals surface area (Å²) in [6.45, 7) is 2.54. The summed E-state index contributed by atoms with van der Waals surface area (Å²) in [6.07, 6.45) is 8.13. The van der Waals surface area contributed by atoms with Crippen molar-refractivity contribution in [2.24, 2.45) is 0 Å². The van der Waals surface area contributed by atoms with Gasteiger partial charge in [0.15, 0.2) is 0 Å². The van der Waals surface area contributed by atoms with E-state index in [4.69, 9.17) is 9.15 Å². The fourth-order valence-corrected chi connectivity index (χ4v) is 0.899. The topological polar surface area (TPSA) is 39.4 Å². The lowest BCUT2D eigenvalue weighted by Gasteiger charge is -1.98. The average Bonchev–Trinajstić information content (AvgIpc) is 2.68. The zero-order valence-corrected chi connectivity index (χ0v) is 8.23. The van der Waals surface area contributed by atoms with Crippen molar-refractivity contribution >= 4 is 12.0 Å². The maximum Gasteiger partial charge on any atom is 0.330 e. The Morgan fingerprint density at radius 1 is 1.64 bits per heavy atom. The summed E-state index contributed by atoms with van der Waals surface area (Å²) < 4.78 is 9.77. The van der Waals surface area contributed by atoms with Gasteiger partial charge in [0.2, 0.25) is 0 Å². The second-order valence-electron chi connectivity index (χ2n) is 2.91. The van der Waals surface area contributed by atoms with Gasteiger partial charge in [-0.1, -0.05) is 13.3 Å². The molecule has 1 aromatic heterocycles. The van der Waals surface area contributed by atoms with Crippen molar-refractivity contribution in [1.29, 1.82) is 0 Å². The third kappa shape index (κ3) is 3.94. The minimum atomic E-state index is -0.306. The van der Waals surface area contributed by atoms with E-state index in [-0.39, 0.29) is 5.97 Å². The Bertz CT molecular complexity index is 285. The van der Waals surface area contributed by atoms with Crippen LogP contribution in [-0.2, 0) is 9.53 Å². The molecule has 0 spiro atoms. The Labute approximate surface area is 83.4 Å². The Morgan fingerprint density at radius 2 is 2.50 bits per heavy atom. The monoisotopic (exact) mass is 194 g/mol. The Kier molecular flexibility index (Phi) is 4.55. The first kappa shape index (κ1) is 10.6. The number of furan rings is 1. The van der Waals surface area contributed by atoms with E-state index in [2.05, 4.69) is 6.92 Å². The molecule has 1 aromatic rings. The van der Waals surface area contributed by atoms with Gasteiger partial charge in [-0.3, -0.25) is 0 Å². The highest BCUT2D eigenvalue weighted by molar-refractivity contribution is 5.86. The number of carbonyl (C=O) groups is 1. The average molecular weight is 194 g/mol. The summed E-state index contributed by atoms with van der Waals surface area (Å²) >= 11 is 0. The Hall–Kier alpha value is -1.51. The molecule has 0 amide bonds. The quantitative estimate of drug-likeness (QED) is 0.411. The molecule has 0 aromatic carbocycles. The number of ether oxygens (including phenoxy) is 1. The lowest BCUT2D eigenvalue weighted by molar-refractivity contribution is -0.137. The molecule has 3 heteroatoms. The minimum absolute atomic E-state index is 0.306. The van der Waals surface area contributed by atoms with Crippen molar-refractivity contribution < 1.29 is 13.9 Å². The van der Waals surface area contributed by atoms with Gasteiger partial charge in [-0.05, 0) is 18.6 Å². The first-order valence-electron chi connectivity index (χ1n) is 4.70. The van der Waals surface area contributed by atoms with E-state index in [1.165, 1.54) is 6.08 Å². The van der Waals surface area contributed by atoms with Crippen molar-refractivity contribution in [1.82, 2.24) is 0 Å². The summed E-state index contributed by atoms with van der Waals surface area (Å²) in [5, 5.41) is 0. The summed E-state index contributed by atoms with van der Waals surface area (Å²) in [5.41, 5.74) is 0.859. The van der Waals surface area contributed by atoms with Crippen LogP contribution in [0.15, 0.2) is 29.1 Å². The number of unbranched alkanes of at least 4 members (excludes halogenated alkanes) is 1. The van der Waals surface area contributed by atoms with Crippen molar-refractivity contribution in [3.05, 3.63) is 30.2 Å². The van der Waals surface area contributed by atoms with Gasteiger partial charge in [0.1, 0.15) is 0 Å². The maximum absolute atomic E-state index is 11.1. The van der Waals surface area contributed by atoms with Gasteiger partial charge in [-0.15, -0.1) is 0 Å². The van der Waals surface area contributed by atoms with Crippen molar-refractivity contribution in [3.63, 3.8) is 0 Å². The predicted molar refractivity (Wildman–Crippen MR) is 53.6 cm³/mol. The molecule has 0 bridgehead atoms. The largest absolute Gasteiger partial charge is 0.472 e.